The maximum Gasteiger partial charge on any atom is 0.335 e. The number of para-hydroxylation sites is 1. The van der Waals surface area contributed by atoms with Gasteiger partial charge in [0.25, 0.3) is 5.56 Å². The maximum absolute atomic E-state index is 13.1. The average molecular weight is 431 g/mol. The number of benzene rings is 2. The number of likely N-dealkylation sites (N-methyl/N-ethyl adjacent to an activating group) is 1. The zero-order valence-corrected chi connectivity index (χ0v) is 18.4. The first-order valence-corrected chi connectivity index (χ1v) is 10.9. The Morgan fingerprint density at radius 3 is 2.59 bits per heavy atom. The van der Waals surface area contributed by atoms with E-state index in [-0.39, 0.29) is 11.4 Å². The van der Waals surface area contributed by atoms with Crippen molar-refractivity contribution >= 4 is 10.9 Å². The number of aromatic hydroxyl groups is 1. The van der Waals surface area contributed by atoms with E-state index < -0.39 is 17.3 Å². The topological polar surface area (TPSA) is 94.1 Å². The van der Waals surface area contributed by atoms with Crippen molar-refractivity contribution in [2.45, 2.75) is 33.2 Å². The highest BCUT2D eigenvalue weighted by molar-refractivity contribution is 5.85. The molecule has 0 radical (unpaired) electrons. The van der Waals surface area contributed by atoms with Gasteiger partial charge in [-0.3, -0.25) is 14.7 Å². The number of aromatic amines is 2. The van der Waals surface area contributed by atoms with Crippen LogP contribution in [0, 0.1) is 13.8 Å². The zero-order valence-electron chi connectivity index (χ0n) is 18.4. The summed E-state index contributed by atoms with van der Waals surface area (Å²) >= 11 is 0. The summed E-state index contributed by atoms with van der Waals surface area (Å²) in [6.07, 6.45) is 0.846. The zero-order chi connectivity index (χ0) is 22.6. The van der Waals surface area contributed by atoms with Crippen molar-refractivity contribution in [3.8, 4) is 11.6 Å². The number of fused-ring (bicyclic) bond motifs is 3. The largest absolute Gasteiger partial charge is 0.494 e. The predicted molar refractivity (Wildman–Crippen MR) is 125 cm³/mol. The van der Waals surface area contributed by atoms with Gasteiger partial charge in [0.05, 0.1) is 11.7 Å². The third-order valence-electron chi connectivity index (χ3n) is 6.68. The van der Waals surface area contributed by atoms with Gasteiger partial charge < -0.3 is 10.1 Å². The predicted octanol–water partition coefficient (Wildman–Crippen LogP) is 3.30. The molecule has 1 aliphatic heterocycles. The second-order valence-electron chi connectivity index (χ2n) is 8.44. The van der Waals surface area contributed by atoms with Crippen LogP contribution in [0.1, 0.15) is 40.9 Å². The van der Waals surface area contributed by atoms with Crippen molar-refractivity contribution in [1.82, 2.24) is 19.4 Å². The van der Waals surface area contributed by atoms with Crippen LogP contribution in [0.25, 0.3) is 16.6 Å². The van der Waals surface area contributed by atoms with Crippen LogP contribution in [0.5, 0.6) is 5.88 Å². The molecule has 1 atom stereocenters. The molecule has 7 heteroatoms. The Kier molecular flexibility index (Phi) is 4.78. The van der Waals surface area contributed by atoms with E-state index in [1.165, 1.54) is 4.57 Å². The van der Waals surface area contributed by atoms with E-state index >= 15 is 0 Å². The number of nitrogens with one attached hydrogen (secondary N) is 2. The highest BCUT2D eigenvalue weighted by Crippen LogP contribution is 2.39. The Bertz CT molecular complexity index is 1460. The molecule has 2 aromatic heterocycles. The number of aryl methyl sites for hydroxylation is 2. The smallest absolute Gasteiger partial charge is 0.335 e. The summed E-state index contributed by atoms with van der Waals surface area (Å²) in [6.45, 7) is 7.41. The molecule has 5 rings (SSSR count). The molecule has 0 saturated heterocycles. The summed E-state index contributed by atoms with van der Waals surface area (Å²) in [6, 6.07) is 13.1. The number of hydrogen-bond donors (Lipinski definition) is 3. The third kappa shape index (κ3) is 3.00. The lowest BCUT2D eigenvalue weighted by atomic mass is 9.93. The molecule has 164 valence electrons. The fraction of sp³-hybridized carbons (Fsp3) is 0.280. The highest BCUT2D eigenvalue weighted by Gasteiger charge is 2.35. The molecule has 0 spiro atoms. The van der Waals surface area contributed by atoms with E-state index in [1.54, 1.807) is 6.07 Å². The van der Waals surface area contributed by atoms with Gasteiger partial charge in [0.2, 0.25) is 5.88 Å². The van der Waals surface area contributed by atoms with Crippen LogP contribution in [-0.2, 0) is 6.42 Å². The van der Waals surface area contributed by atoms with Crippen LogP contribution in [0.4, 0.5) is 0 Å². The summed E-state index contributed by atoms with van der Waals surface area (Å²) in [5.41, 5.74) is 4.59. The second kappa shape index (κ2) is 7.53. The lowest BCUT2D eigenvalue weighted by molar-refractivity contribution is 0.215. The highest BCUT2D eigenvalue weighted by atomic mass is 16.3. The molecule has 2 aromatic carbocycles. The minimum Gasteiger partial charge on any atom is -0.494 e. The molecule has 0 aliphatic carbocycles. The Morgan fingerprint density at radius 1 is 1.06 bits per heavy atom. The quantitative estimate of drug-likeness (QED) is 0.465. The van der Waals surface area contributed by atoms with E-state index in [0.717, 1.165) is 46.3 Å². The van der Waals surface area contributed by atoms with Crippen LogP contribution in [0.2, 0.25) is 0 Å². The molecular formula is C25H26N4O3. The normalized spacial score (nSPS) is 16.4. The minimum atomic E-state index is -0.657. The Morgan fingerprint density at radius 2 is 1.84 bits per heavy atom. The van der Waals surface area contributed by atoms with Crippen LogP contribution in [0.15, 0.2) is 52.1 Å². The van der Waals surface area contributed by atoms with E-state index in [4.69, 9.17) is 0 Å². The van der Waals surface area contributed by atoms with Crippen LogP contribution >= 0.6 is 0 Å². The van der Waals surface area contributed by atoms with Gasteiger partial charge in [0.1, 0.15) is 5.56 Å². The Labute approximate surface area is 185 Å². The molecule has 0 saturated carbocycles. The molecule has 3 N–H and O–H groups in total. The summed E-state index contributed by atoms with van der Waals surface area (Å²) in [5.74, 6) is -0.322. The lowest BCUT2D eigenvalue weighted by Crippen LogP contribution is -2.41. The number of hydrogen-bond acceptors (Lipinski definition) is 4. The van der Waals surface area contributed by atoms with Crippen LogP contribution in [-0.4, -0.2) is 37.6 Å². The standard InChI is InChI=1S/C25H26N4O3/c1-4-28-12-11-18-17-7-5-6-8-19(17)26-21(18)22(28)20-23(30)27-25(32)29(24(20)31)16-10-9-14(2)15(3)13-16/h5-10,13,22,26,31H,4,11-12H2,1-3H3,(H,27,30,32)/t22-/m0/s1. The number of aromatic nitrogens is 3. The van der Waals surface area contributed by atoms with Gasteiger partial charge in [-0.15, -0.1) is 0 Å². The molecule has 0 bridgehead atoms. The molecule has 0 unspecified atom stereocenters. The van der Waals surface area contributed by atoms with Crippen molar-refractivity contribution in [3.63, 3.8) is 0 Å². The number of rotatable bonds is 3. The van der Waals surface area contributed by atoms with Crippen LogP contribution < -0.4 is 11.2 Å². The van der Waals surface area contributed by atoms with Crippen molar-refractivity contribution in [2.75, 3.05) is 13.1 Å². The summed E-state index contributed by atoms with van der Waals surface area (Å²) < 4.78 is 1.19. The second-order valence-corrected chi connectivity index (χ2v) is 8.44. The van der Waals surface area contributed by atoms with Gasteiger partial charge >= 0.3 is 5.69 Å². The summed E-state index contributed by atoms with van der Waals surface area (Å²) in [7, 11) is 0. The SMILES string of the molecule is CCN1CCc2c([nH]c3ccccc23)[C@@H]1c1c(O)n(-c2ccc(C)c(C)c2)c(=O)[nH]c1=O. The van der Waals surface area contributed by atoms with E-state index in [2.05, 4.69) is 20.9 Å². The fourth-order valence-corrected chi connectivity index (χ4v) is 4.85. The molecule has 7 nitrogen and oxygen atoms in total. The lowest BCUT2D eigenvalue weighted by Gasteiger charge is -2.35. The van der Waals surface area contributed by atoms with Gasteiger partial charge in [0, 0.05) is 23.1 Å². The molecular weight excluding hydrogens is 404 g/mol. The average Bonchev–Trinajstić information content (AvgIpc) is 3.15. The first-order chi connectivity index (χ1) is 15.4. The number of H-pyrrole nitrogens is 2. The van der Waals surface area contributed by atoms with Crippen molar-refractivity contribution in [3.05, 3.63) is 91.3 Å². The van der Waals surface area contributed by atoms with Gasteiger partial charge in [0.15, 0.2) is 0 Å². The molecule has 0 amide bonds. The first kappa shape index (κ1) is 20.3. The molecule has 4 aromatic rings. The molecule has 1 aliphatic rings. The van der Waals surface area contributed by atoms with Crippen LogP contribution in [0.3, 0.4) is 0 Å². The van der Waals surface area contributed by atoms with Gasteiger partial charge in [-0.2, -0.15) is 0 Å². The van der Waals surface area contributed by atoms with Crippen molar-refractivity contribution in [2.24, 2.45) is 0 Å². The summed E-state index contributed by atoms with van der Waals surface area (Å²) in [5, 5.41) is 12.5. The molecule has 32 heavy (non-hydrogen) atoms. The Hall–Kier alpha value is -3.58. The molecule has 0 fully saturated rings. The van der Waals surface area contributed by atoms with E-state index in [9.17, 15) is 14.7 Å². The van der Waals surface area contributed by atoms with Crippen molar-refractivity contribution < 1.29 is 5.11 Å². The first-order valence-electron chi connectivity index (χ1n) is 10.9. The van der Waals surface area contributed by atoms with Gasteiger partial charge in [-0.1, -0.05) is 31.2 Å². The number of nitrogens with zero attached hydrogens (tertiary/aromatic N) is 2. The molecule has 3 heterocycles. The Balaban J connectivity index is 1.78. The van der Waals surface area contributed by atoms with Crippen molar-refractivity contribution in [1.29, 1.82) is 0 Å². The van der Waals surface area contributed by atoms with Gasteiger partial charge in [-0.25, -0.2) is 9.36 Å². The summed E-state index contributed by atoms with van der Waals surface area (Å²) in [4.78, 5) is 33.9. The maximum atomic E-state index is 13.1. The minimum absolute atomic E-state index is 0.178. The van der Waals surface area contributed by atoms with E-state index in [1.807, 2.05) is 51.1 Å². The monoisotopic (exact) mass is 430 g/mol. The van der Waals surface area contributed by atoms with Gasteiger partial charge in [-0.05, 0) is 61.7 Å². The fourth-order valence-electron chi connectivity index (χ4n) is 4.85. The van der Waals surface area contributed by atoms with E-state index in [0.29, 0.717) is 12.2 Å². The third-order valence-corrected chi connectivity index (χ3v) is 6.68.